The molecule has 2 aromatic rings. The minimum absolute atomic E-state index is 0.332. The fourth-order valence-corrected chi connectivity index (χ4v) is 4.56. The first-order valence-corrected chi connectivity index (χ1v) is 10.3. The lowest BCUT2D eigenvalue weighted by atomic mass is 10.1. The summed E-state index contributed by atoms with van der Waals surface area (Å²) in [5.74, 6) is -1.49. The first-order valence-electron chi connectivity index (χ1n) is 10.3. The number of rotatable bonds is 3. The molecule has 3 fully saturated rings. The second kappa shape index (κ2) is 7.00. The fourth-order valence-electron chi connectivity index (χ4n) is 4.56. The normalized spacial score (nSPS) is 35.1. The van der Waals surface area contributed by atoms with Gasteiger partial charge in [-0.2, -0.15) is 4.74 Å². The van der Waals surface area contributed by atoms with Crippen LogP contribution >= 0.6 is 0 Å². The van der Waals surface area contributed by atoms with Gasteiger partial charge in [-0.1, -0.05) is 36.4 Å². The van der Waals surface area contributed by atoms with Crippen molar-refractivity contribution < 1.29 is 28.4 Å². The van der Waals surface area contributed by atoms with E-state index in [2.05, 4.69) is 0 Å². The predicted octanol–water partition coefficient (Wildman–Crippen LogP) is 3.17. The molecule has 0 N–H and O–H groups in total. The molecule has 0 radical (unpaired) electrons. The van der Waals surface area contributed by atoms with Gasteiger partial charge >= 0.3 is 0 Å². The number of hydrogen-bond acceptors (Lipinski definition) is 6. The Hall–Kier alpha value is -2.03. The van der Waals surface area contributed by atoms with Crippen molar-refractivity contribution >= 4 is 17.0 Å². The third-order valence-electron chi connectivity index (χ3n) is 5.80. The van der Waals surface area contributed by atoms with Crippen LogP contribution in [0.4, 0.5) is 0 Å². The molecule has 3 aliphatic heterocycles. The van der Waals surface area contributed by atoms with Crippen molar-refractivity contribution in [2.24, 2.45) is 0 Å². The molecule has 0 aromatic heterocycles. The van der Waals surface area contributed by atoms with Crippen LogP contribution in [0.25, 0.3) is 10.8 Å². The number of nitrogens with zero attached hydrogens (tertiary/aromatic N) is 1. The number of hydrogen-bond donors (Lipinski definition) is 0. The van der Waals surface area contributed by atoms with Gasteiger partial charge in [-0.3, -0.25) is 0 Å². The highest BCUT2D eigenvalue weighted by atomic mass is 16.8. The van der Waals surface area contributed by atoms with Gasteiger partial charge in [0.1, 0.15) is 18.3 Å². The maximum Gasteiger partial charge on any atom is 0.297 e. The summed E-state index contributed by atoms with van der Waals surface area (Å²) in [6.07, 6.45) is -1.00. The molecule has 0 aliphatic carbocycles. The van der Waals surface area contributed by atoms with E-state index in [4.69, 9.17) is 23.7 Å². The van der Waals surface area contributed by atoms with Crippen LogP contribution in [0.2, 0.25) is 0 Å². The minimum atomic E-state index is -0.840. The first kappa shape index (κ1) is 19.9. The van der Waals surface area contributed by atoms with Gasteiger partial charge in [0.2, 0.25) is 0 Å². The first-order chi connectivity index (χ1) is 14.2. The minimum Gasteiger partial charge on any atom is -0.622 e. The Morgan fingerprint density at radius 2 is 1.63 bits per heavy atom. The van der Waals surface area contributed by atoms with Gasteiger partial charge in [0.15, 0.2) is 23.9 Å². The Morgan fingerprint density at radius 3 is 2.40 bits per heavy atom. The van der Waals surface area contributed by atoms with Crippen molar-refractivity contribution in [3.63, 3.8) is 0 Å². The second-order valence-corrected chi connectivity index (χ2v) is 8.98. The van der Waals surface area contributed by atoms with Gasteiger partial charge in [-0.15, -0.1) is 0 Å². The molecular weight excluding hydrogens is 386 g/mol. The van der Waals surface area contributed by atoms with E-state index in [1.807, 2.05) is 70.2 Å². The molecule has 7 heteroatoms. The zero-order chi connectivity index (χ0) is 21.1. The quantitative estimate of drug-likeness (QED) is 0.333. The predicted molar refractivity (Wildman–Crippen MR) is 110 cm³/mol. The van der Waals surface area contributed by atoms with Gasteiger partial charge < -0.3 is 28.9 Å². The summed E-state index contributed by atoms with van der Waals surface area (Å²) in [5.41, 5.74) is 0.825. The van der Waals surface area contributed by atoms with E-state index < -0.39 is 36.1 Å². The molecule has 30 heavy (non-hydrogen) atoms. The third-order valence-corrected chi connectivity index (χ3v) is 5.80. The van der Waals surface area contributed by atoms with E-state index >= 15 is 0 Å². The van der Waals surface area contributed by atoms with Gasteiger partial charge in [-0.25, -0.2) is 0 Å². The Morgan fingerprint density at radius 1 is 0.900 bits per heavy atom. The monoisotopic (exact) mass is 413 g/mol. The van der Waals surface area contributed by atoms with Crippen LogP contribution in [0, 0.1) is 5.21 Å². The standard InChI is InChI=1S/C23H27NO6/c1-22(2)26-13-17(28-22)18-19-20(30-23(3,4)29-19)21(27-18)24(25)12-15-10-7-9-14-8-5-6-11-16(14)15/h5-12,17-21H,13H2,1-4H3/b24-12-/t17-,18-,19+,20+,21-/m1/s1. The zero-order valence-electron chi connectivity index (χ0n) is 17.6. The molecule has 5 atom stereocenters. The van der Waals surface area contributed by atoms with Crippen LogP contribution in [0.15, 0.2) is 42.5 Å². The van der Waals surface area contributed by atoms with Crippen LogP contribution in [-0.4, -0.2) is 59.8 Å². The zero-order valence-corrected chi connectivity index (χ0v) is 17.6. The highest BCUT2D eigenvalue weighted by molar-refractivity contribution is 5.98. The van der Waals surface area contributed by atoms with E-state index in [9.17, 15) is 5.21 Å². The van der Waals surface area contributed by atoms with Gasteiger partial charge in [0.05, 0.1) is 6.61 Å². The van der Waals surface area contributed by atoms with Crippen LogP contribution in [-0.2, 0) is 23.7 Å². The highest BCUT2D eigenvalue weighted by Crippen LogP contribution is 2.42. The molecule has 7 nitrogen and oxygen atoms in total. The SMILES string of the molecule is CC1(C)O[C@@H]2[C@H](O1)[C@H](/[N+]([O-])=C/c1cccc3ccccc13)O[C@@H]2[C@H]1COC(C)(C)O1. The van der Waals surface area contributed by atoms with Crippen molar-refractivity contribution in [2.45, 2.75) is 69.9 Å². The Bertz CT molecular complexity index is 981. The topological polar surface area (TPSA) is 72.2 Å². The average molecular weight is 413 g/mol. The molecule has 3 saturated heterocycles. The molecule has 0 bridgehead atoms. The van der Waals surface area contributed by atoms with Crippen molar-refractivity contribution in [1.82, 2.24) is 0 Å². The summed E-state index contributed by atoms with van der Waals surface area (Å²) in [5, 5.41) is 15.3. The van der Waals surface area contributed by atoms with E-state index in [0.717, 1.165) is 21.1 Å². The number of hydroxylamine groups is 1. The van der Waals surface area contributed by atoms with E-state index in [1.165, 1.54) is 0 Å². The average Bonchev–Trinajstić information content (AvgIpc) is 3.31. The fraction of sp³-hybridized carbons (Fsp3) is 0.522. The molecule has 2 aromatic carbocycles. The lowest BCUT2D eigenvalue weighted by Gasteiger charge is -2.26. The number of ether oxygens (including phenoxy) is 5. The molecule has 0 amide bonds. The van der Waals surface area contributed by atoms with Crippen molar-refractivity contribution in [3.8, 4) is 0 Å². The molecule has 0 saturated carbocycles. The van der Waals surface area contributed by atoms with E-state index in [1.54, 1.807) is 6.21 Å². The van der Waals surface area contributed by atoms with Gasteiger partial charge in [0.25, 0.3) is 6.23 Å². The Kier molecular flexibility index (Phi) is 4.65. The third kappa shape index (κ3) is 3.50. The van der Waals surface area contributed by atoms with Crippen LogP contribution in [0.3, 0.4) is 0 Å². The molecule has 160 valence electrons. The smallest absolute Gasteiger partial charge is 0.297 e. The largest absolute Gasteiger partial charge is 0.622 e. The van der Waals surface area contributed by atoms with Crippen LogP contribution < -0.4 is 0 Å². The van der Waals surface area contributed by atoms with Gasteiger partial charge in [-0.05, 0) is 44.5 Å². The van der Waals surface area contributed by atoms with Crippen LogP contribution in [0.5, 0.6) is 0 Å². The summed E-state index contributed by atoms with van der Waals surface area (Å²) in [7, 11) is 0. The molecule has 0 spiro atoms. The second-order valence-electron chi connectivity index (χ2n) is 8.98. The summed E-state index contributed by atoms with van der Waals surface area (Å²) < 4.78 is 30.9. The Balaban J connectivity index is 1.46. The van der Waals surface area contributed by atoms with Crippen LogP contribution in [0.1, 0.15) is 33.3 Å². The summed E-state index contributed by atoms with van der Waals surface area (Å²) in [6, 6.07) is 13.8. The van der Waals surface area contributed by atoms with E-state index in [-0.39, 0.29) is 6.10 Å². The molecular formula is C23H27NO6. The number of fused-ring (bicyclic) bond motifs is 2. The highest BCUT2D eigenvalue weighted by Gasteiger charge is 2.62. The van der Waals surface area contributed by atoms with E-state index in [0.29, 0.717) is 6.61 Å². The number of benzene rings is 2. The molecule has 3 aliphatic rings. The maximum absolute atomic E-state index is 13.2. The van der Waals surface area contributed by atoms with Crippen molar-refractivity contribution in [1.29, 1.82) is 0 Å². The lowest BCUT2D eigenvalue weighted by molar-refractivity contribution is -0.562. The maximum atomic E-state index is 13.2. The Labute approximate surface area is 175 Å². The lowest BCUT2D eigenvalue weighted by Crippen LogP contribution is -2.40. The summed E-state index contributed by atoms with van der Waals surface area (Å²) in [6.45, 7) is 7.79. The molecule has 0 unspecified atom stereocenters. The van der Waals surface area contributed by atoms with Crippen molar-refractivity contribution in [3.05, 3.63) is 53.2 Å². The summed E-state index contributed by atoms with van der Waals surface area (Å²) >= 11 is 0. The molecule has 3 heterocycles. The van der Waals surface area contributed by atoms with Gasteiger partial charge in [0, 0.05) is 5.56 Å². The molecule has 5 rings (SSSR count). The van der Waals surface area contributed by atoms with Crippen molar-refractivity contribution in [2.75, 3.05) is 6.61 Å². The summed E-state index contributed by atoms with van der Waals surface area (Å²) in [4.78, 5) is 0.